The minimum atomic E-state index is -0.452. The smallest absolute Gasteiger partial charge is 0.243 e. The summed E-state index contributed by atoms with van der Waals surface area (Å²) in [6.07, 6.45) is 1.82. The molecule has 23 heavy (non-hydrogen) atoms. The highest BCUT2D eigenvalue weighted by atomic mass is 35.5. The first-order valence-corrected chi connectivity index (χ1v) is 8.64. The van der Waals surface area contributed by atoms with E-state index in [0.717, 1.165) is 12.0 Å². The minimum Gasteiger partial charge on any atom is -0.352 e. The van der Waals surface area contributed by atoms with E-state index in [0.29, 0.717) is 24.4 Å². The minimum absolute atomic E-state index is 0.0221. The van der Waals surface area contributed by atoms with Gasteiger partial charge in [-0.2, -0.15) is 0 Å². The first-order valence-electron chi connectivity index (χ1n) is 8.27. The number of halogens is 1. The Balaban J connectivity index is 2.95. The molecule has 1 rings (SSSR count). The van der Waals surface area contributed by atoms with E-state index >= 15 is 0 Å². The molecule has 128 valence electrons. The Hall–Kier alpha value is -1.55. The van der Waals surface area contributed by atoms with Gasteiger partial charge in [0.05, 0.1) is 0 Å². The molecule has 0 aliphatic carbocycles. The number of rotatable bonds is 8. The fraction of sp³-hybridized carbons (Fsp3) is 0.556. The number of benzene rings is 1. The van der Waals surface area contributed by atoms with Gasteiger partial charge < -0.3 is 10.2 Å². The number of nitrogens with one attached hydrogen (secondary N) is 1. The molecule has 0 radical (unpaired) electrons. The van der Waals surface area contributed by atoms with E-state index in [9.17, 15) is 9.59 Å². The van der Waals surface area contributed by atoms with Crippen molar-refractivity contribution in [2.24, 2.45) is 0 Å². The summed E-state index contributed by atoms with van der Waals surface area (Å²) in [5.74, 6) is -0.108. The maximum Gasteiger partial charge on any atom is 0.243 e. The van der Waals surface area contributed by atoms with Crippen LogP contribution in [0.25, 0.3) is 0 Å². The third-order valence-electron chi connectivity index (χ3n) is 3.96. The number of nitrogens with zero attached hydrogens (tertiary/aromatic N) is 1. The summed E-state index contributed by atoms with van der Waals surface area (Å²) >= 11 is 5.91. The Labute approximate surface area is 144 Å². The van der Waals surface area contributed by atoms with Crippen LogP contribution >= 0.6 is 11.6 Å². The molecular formula is C18H27ClN2O2. The molecule has 0 bridgehead atoms. The highest BCUT2D eigenvalue weighted by Gasteiger charge is 2.28. The lowest BCUT2D eigenvalue weighted by atomic mass is 10.1. The monoisotopic (exact) mass is 338 g/mol. The summed E-state index contributed by atoms with van der Waals surface area (Å²) < 4.78 is 0. The van der Waals surface area contributed by atoms with Gasteiger partial charge in [-0.05, 0) is 37.5 Å². The maximum absolute atomic E-state index is 12.5. The molecule has 4 nitrogen and oxygen atoms in total. The van der Waals surface area contributed by atoms with Crippen molar-refractivity contribution in [3.8, 4) is 0 Å². The molecule has 5 heteroatoms. The molecule has 0 heterocycles. The molecule has 1 aromatic carbocycles. The molecule has 1 N–H and O–H groups in total. The van der Waals surface area contributed by atoms with Gasteiger partial charge in [-0.25, -0.2) is 0 Å². The molecule has 1 aromatic rings. The fourth-order valence-electron chi connectivity index (χ4n) is 2.35. The molecule has 0 aliphatic rings. The van der Waals surface area contributed by atoms with Crippen LogP contribution in [0, 0.1) is 0 Å². The number of amides is 2. The summed E-state index contributed by atoms with van der Waals surface area (Å²) in [6.45, 7) is 8.15. The molecule has 2 amide bonds. The van der Waals surface area contributed by atoms with Gasteiger partial charge in [0.1, 0.15) is 6.04 Å². The summed E-state index contributed by atoms with van der Waals surface area (Å²) in [6, 6.07) is 7.02. The Morgan fingerprint density at radius 2 is 1.74 bits per heavy atom. The van der Waals surface area contributed by atoms with Crippen LogP contribution in [0.15, 0.2) is 24.3 Å². The van der Waals surface area contributed by atoms with Crippen LogP contribution in [0.2, 0.25) is 5.02 Å². The Morgan fingerprint density at radius 1 is 1.13 bits per heavy atom. The second kappa shape index (κ2) is 9.56. The SMILES string of the molecule is CCC(=O)N(Cc1ccc(Cl)cc1)[C@H](CC)C(=O)N[C@H](C)CC. The largest absolute Gasteiger partial charge is 0.352 e. The lowest BCUT2D eigenvalue weighted by Gasteiger charge is -2.31. The van der Waals surface area contributed by atoms with Crippen molar-refractivity contribution in [1.29, 1.82) is 0 Å². The van der Waals surface area contributed by atoms with E-state index in [2.05, 4.69) is 5.32 Å². The van der Waals surface area contributed by atoms with Gasteiger partial charge >= 0.3 is 0 Å². The van der Waals surface area contributed by atoms with E-state index in [1.165, 1.54) is 0 Å². The van der Waals surface area contributed by atoms with Gasteiger partial charge in [-0.15, -0.1) is 0 Å². The molecule has 0 unspecified atom stereocenters. The summed E-state index contributed by atoms with van der Waals surface area (Å²) in [5.41, 5.74) is 0.964. The fourth-order valence-corrected chi connectivity index (χ4v) is 2.48. The first-order chi connectivity index (χ1) is 10.9. The number of hydrogen-bond acceptors (Lipinski definition) is 2. The van der Waals surface area contributed by atoms with Gasteiger partial charge in [-0.3, -0.25) is 9.59 Å². The van der Waals surface area contributed by atoms with Crippen molar-refractivity contribution in [2.45, 2.75) is 65.6 Å². The highest BCUT2D eigenvalue weighted by molar-refractivity contribution is 6.30. The summed E-state index contributed by atoms with van der Waals surface area (Å²) in [7, 11) is 0. The lowest BCUT2D eigenvalue weighted by molar-refractivity contribution is -0.141. The van der Waals surface area contributed by atoms with Crippen molar-refractivity contribution in [1.82, 2.24) is 10.2 Å². The number of carbonyl (C=O) groups excluding carboxylic acids is 2. The predicted octanol–water partition coefficient (Wildman–Crippen LogP) is 3.77. The van der Waals surface area contributed by atoms with E-state index in [-0.39, 0.29) is 17.9 Å². The topological polar surface area (TPSA) is 49.4 Å². The zero-order valence-corrected chi connectivity index (χ0v) is 15.2. The van der Waals surface area contributed by atoms with E-state index < -0.39 is 6.04 Å². The van der Waals surface area contributed by atoms with Crippen LogP contribution in [0.3, 0.4) is 0 Å². The van der Waals surface area contributed by atoms with Gasteiger partial charge in [0.2, 0.25) is 11.8 Å². The van der Waals surface area contributed by atoms with Crippen molar-refractivity contribution >= 4 is 23.4 Å². The average molecular weight is 339 g/mol. The third kappa shape index (κ3) is 5.87. The third-order valence-corrected chi connectivity index (χ3v) is 4.21. The molecule has 0 aromatic heterocycles. The summed E-state index contributed by atoms with van der Waals surface area (Å²) in [4.78, 5) is 26.6. The van der Waals surface area contributed by atoms with Crippen LogP contribution in [0.1, 0.15) is 52.5 Å². The second-order valence-electron chi connectivity index (χ2n) is 5.74. The molecule has 0 fully saturated rings. The van der Waals surface area contributed by atoms with Crippen LogP contribution < -0.4 is 5.32 Å². The standard InChI is InChI=1S/C18H27ClN2O2/c1-5-13(4)20-18(23)16(6-2)21(17(22)7-3)12-14-8-10-15(19)11-9-14/h8-11,13,16H,5-7,12H2,1-4H3,(H,20,23)/t13-,16-/m1/s1. The molecular weight excluding hydrogens is 312 g/mol. The maximum atomic E-state index is 12.5. The van der Waals surface area contributed by atoms with Crippen molar-refractivity contribution in [2.75, 3.05) is 0 Å². The zero-order chi connectivity index (χ0) is 17.4. The molecule has 0 spiro atoms. The molecule has 2 atom stereocenters. The highest BCUT2D eigenvalue weighted by Crippen LogP contribution is 2.16. The zero-order valence-electron chi connectivity index (χ0n) is 14.4. The van der Waals surface area contributed by atoms with Gasteiger partial charge in [-0.1, -0.05) is 44.5 Å². The second-order valence-corrected chi connectivity index (χ2v) is 6.18. The molecule has 0 saturated heterocycles. The van der Waals surface area contributed by atoms with Crippen LogP contribution in [0.4, 0.5) is 0 Å². The van der Waals surface area contributed by atoms with Crippen molar-refractivity contribution in [3.05, 3.63) is 34.9 Å². The van der Waals surface area contributed by atoms with Crippen molar-refractivity contribution in [3.63, 3.8) is 0 Å². The van der Waals surface area contributed by atoms with Crippen LogP contribution in [-0.2, 0) is 16.1 Å². The Bertz CT molecular complexity index is 516. The quantitative estimate of drug-likeness (QED) is 0.784. The van der Waals surface area contributed by atoms with Crippen LogP contribution in [0.5, 0.6) is 0 Å². The van der Waals surface area contributed by atoms with E-state index in [1.54, 1.807) is 17.0 Å². The van der Waals surface area contributed by atoms with Gasteiger partial charge in [0.25, 0.3) is 0 Å². The molecule has 0 aliphatic heterocycles. The molecule has 0 saturated carbocycles. The van der Waals surface area contributed by atoms with Gasteiger partial charge in [0, 0.05) is 24.0 Å². The van der Waals surface area contributed by atoms with E-state index in [4.69, 9.17) is 11.6 Å². The lowest BCUT2D eigenvalue weighted by Crippen LogP contribution is -2.50. The Kier molecular flexibility index (Phi) is 8.10. The predicted molar refractivity (Wildman–Crippen MR) is 94.3 cm³/mol. The van der Waals surface area contributed by atoms with Crippen molar-refractivity contribution < 1.29 is 9.59 Å². The van der Waals surface area contributed by atoms with E-state index in [1.807, 2.05) is 39.8 Å². The number of carbonyl (C=O) groups is 2. The number of hydrogen-bond donors (Lipinski definition) is 1. The first kappa shape index (κ1) is 19.5. The average Bonchev–Trinajstić information content (AvgIpc) is 2.55. The summed E-state index contributed by atoms with van der Waals surface area (Å²) in [5, 5.41) is 3.64. The van der Waals surface area contributed by atoms with Gasteiger partial charge in [0.15, 0.2) is 0 Å². The normalized spacial score (nSPS) is 13.3. The van der Waals surface area contributed by atoms with Crippen LogP contribution in [-0.4, -0.2) is 28.8 Å². The Morgan fingerprint density at radius 3 is 2.22 bits per heavy atom.